The minimum absolute atomic E-state index is 0.197. The Balaban J connectivity index is 1.67. The highest BCUT2D eigenvalue weighted by Crippen LogP contribution is 2.40. The fraction of sp³-hybridized carbons (Fsp3) is 0.550. The summed E-state index contributed by atoms with van der Waals surface area (Å²) >= 11 is 1.14. The van der Waals surface area contributed by atoms with E-state index < -0.39 is 20.7 Å². The van der Waals surface area contributed by atoms with Crippen LogP contribution in [0.3, 0.4) is 0 Å². The van der Waals surface area contributed by atoms with E-state index >= 15 is 4.39 Å². The third-order valence-corrected chi connectivity index (χ3v) is 8.19. The van der Waals surface area contributed by atoms with Crippen LogP contribution >= 0.6 is 11.3 Å². The van der Waals surface area contributed by atoms with Gasteiger partial charge in [0.2, 0.25) is 0 Å². The van der Waals surface area contributed by atoms with Gasteiger partial charge in [-0.2, -0.15) is 0 Å². The second-order valence-electron chi connectivity index (χ2n) is 7.73. The van der Waals surface area contributed by atoms with Gasteiger partial charge in [-0.05, 0) is 26.4 Å². The largest absolute Gasteiger partial charge is 0.490 e. The number of nitrogens with one attached hydrogen (secondary N) is 1. The lowest BCUT2D eigenvalue weighted by Crippen LogP contribution is -2.54. The van der Waals surface area contributed by atoms with E-state index in [1.807, 2.05) is 0 Å². The van der Waals surface area contributed by atoms with Crippen molar-refractivity contribution in [2.24, 2.45) is 0 Å². The minimum atomic E-state index is -4.10. The molecule has 2 aliphatic rings. The number of aromatic nitrogens is 1. The van der Waals surface area contributed by atoms with Gasteiger partial charge in [-0.1, -0.05) is 19.8 Å². The molecule has 0 radical (unpaired) electrons. The summed E-state index contributed by atoms with van der Waals surface area (Å²) in [6.07, 6.45) is 5.95. The highest BCUT2D eigenvalue weighted by molar-refractivity contribution is 7.93. The van der Waals surface area contributed by atoms with E-state index in [0.29, 0.717) is 30.6 Å². The van der Waals surface area contributed by atoms with Gasteiger partial charge in [0.15, 0.2) is 5.13 Å². The average Bonchev–Trinajstić information content (AvgIpc) is 3.24. The fourth-order valence-electron chi connectivity index (χ4n) is 4.44. The Morgan fingerprint density at radius 3 is 2.90 bits per heavy atom. The molecule has 164 valence electrons. The second-order valence-corrected chi connectivity index (χ2v) is 10.3. The second kappa shape index (κ2) is 8.68. The van der Waals surface area contributed by atoms with Crippen molar-refractivity contribution < 1.29 is 17.5 Å². The number of hydrogen-bond donors (Lipinski definition) is 1. The lowest BCUT2D eigenvalue weighted by Gasteiger charge is -2.46. The summed E-state index contributed by atoms with van der Waals surface area (Å²) in [6.45, 7) is 4.20. The van der Waals surface area contributed by atoms with E-state index in [0.717, 1.165) is 37.1 Å². The highest BCUT2D eigenvalue weighted by Gasteiger charge is 2.36. The molecule has 1 fully saturated rings. The number of rotatable bonds is 6. The van der Waals surface area contributed by atoms with Crippen molar-refractivity contribution in [1.82, 2.24) is 9.88 Å². The highest BCUT2D eigenvalue weighted by atomic mass is 32.2. The Morgan fingerprint density at radius 1 is 1.37 bits per heavy atom. The normalized spacial score (nSPS) is 21.9. The number of halogens is 1. The first-order valence-electron chi connectivity index (χ1n) is 10.3. The standard InChI is InChI=1S/C20H27FN4O3S2/c1-3-24(2)15-6-4-5-7-16(15)25-9-10-28-18-13-19(14(21)12-17(18)25)30(26,27)23-20-22-8-11-29-20/h8,11-13,15-16H,3-7,9-10H2,1-2H3,(H,22,23)/t15-,16-/m1/s1. The Labute approximate surface area is 180 Å². The predicted octanol–water partition coefficient (Wildman–Crippen LogP) is 3.54. The molecule has 30 heavy (non-hydrogen) atoms. The van der Waals surface area contributed by atoms with Crippen molar-refractivity contribution in [3.63, 3.8) is 0 Å². The summed E-state index contributed by atoms with van der Waals surface area (Å²) in [4.78, 5) is 8.05. The molecule has 0 unspecified atom stereocenters. The van der Waals surface area contributed by atoms with E-state index in [1.165, 1.54) is 24.8 Å². The van der Waals surface area contributed by atoms with Crippen LogP contribution in [0.2, 0.25) is 0 Å². The van der Waals surface area contributed by atoms with Crippen molar-refractivity contribution in [3.8, 4) is 5.75 Å². The van der Waals surface area contributed by atoms with Gasteiger partial charge in [-0.25, -0.2) is 17.8 Å². The van der Waals surface area contributed by atoms with Crippen molar-refractivity contribution in [2.45, 2.75) is 49.6 Å². The number of thiazole rings is 1. The Bertz CT molecular complexity index is 984. The van der Waals surface area contributed by atoms with Crippen molar-refractivity contribution in [1.29, 1.82) is 0 Å². The van der Waals surface area contributed by atoms with E-state index in [-0.39, 0.29) is 11.2 Å². The number of ether oxygens (including phenoxy) is 1. The lowest BCUT2D eigenvalue weighted by atomic mass is 9.87. The summed E-state index contributed by atoms with van der Waals surface area (Å²) in [5, 5.41) is 1.85. The molecule has 1 aliphatic heterocycles. The Morgan fingerprint density at radius 2 is 2.17 bits per heavy atom. The molecule has 1 aliphatic carbocycles. The van der Waals surface area contributed by atoms with Crippen LogP contribution in [0.5, 0.6) is 5.75 Å². The molecule has 0 bridgehead atoms. The molecule has 2 heterocycles. The zero-order chi connectivity index (χ0) is 21.3. The average molecular weight is 455 g/mol. The van der Waals surface area contributed by atoms with E-state index in [9.17, 15) is 8.42 Å². The van der Waals surface area contributed by atoms with Crippen LogP contribution in [0.4, 0.5) is 15.2 Å². The zero-order valence-corrected chi connectivity index (χ0v) is 18.8. The molecule has 0 saturated heterocycles. The van der Waals surface area contributed by atoms with Gasteiger partial charge in [0.05, 0.1) is 12.2 Å². The SMILES string of the molecule is CCN(C)[C@@H]1CCCC[C@H]1N1CCOc2cc(S(=O)(=O)Nc3nccs3)c(F)cc21. The molecule has 0 spiro atoms. The fourth-order valence-corrected chi connectivity index (χ4v) is 6.30. The summed E-state index contributed by atoms with van der Waals surface area (Å²) in [7, 11) is -1.97. The van der Waals surface area contributed by atoms with Crippen molar-refractivity contribution >= 4 is 32.2 Å². The molecule has 1 saturated carbocycles. The van der Waals surface area contributed by atoms with Gasteiger partial charge in [0, 0.05) is 35.8 Å². The first-order chi connectivity index (χ1) is 14.4. The van der Waals surface area contributed by atoms with E-state index in [4.69, 9.17) is 4.74 Å². The number of benzene rings is 1. The van der Waals surface area contributed by atoms with Crippen LogP contribution in [0.15, 0.2) is 28.6 Å². The van der Waals surface area contributed by atoms with Crippen LogP contribution in [0, 0.1) is 5.82 Å². The van der Waals surface area contributed by atoms with Crippen LogP contribution in [-0.2, 0) is 10.0 Å². The summed E-state index contributed by atoms with van der Waals surface area (Å²) in [6, 6.07) is 3.24. The number of fused-ring (bicyclic) bond motifs is 1. The number of nitrogens with zero attached hydrogens (tertiary/aromatic N) is 3. The molecular weight excluding hydrogens is 427 g/mol. The van der Waals surface area contributed by atoms with E-state index in [1.54, 1.807) is 5.38 Å². The molecule has 1 N–H and O–H groups in total. The minimum Gasteiger partial charge on any atom is -0.490 e. The first-order valence-corrected chi connectivity index (χ1v) is 12.6. The van der Waals surface area contributed by atoms with Gasteiger partial charge in [0.1, 0.15) is 23.1 Å². The predicted molar refractivity (Wildman–Crippen MR) is 117 cm³/mol. The molecule has 1 aromatic heterocycles. The van der Waals surface area contributed by atoms with Crippen LogP contribution in [-0.4, -0.2) is 57.1 Å². The molecule has 2 atom stereocenters. The monoisotopic (exact) mass is 454 g/mol. The quantitative estimate of drug-likeness (QED) is 0.720. The first kappa shape index (κ1) is 21.3. The number of hydrogen-bond acceptors (Lipinski definition) is 7. The Kier molecular flexibility index (Phi) is 6.17. The van der Waals surface area contributed by atoms with Gasteiger partial charge >= 0.3 is 0 Å². The lowest BCUT2D eigenvalue weighted by molar-refractivity contribution is 0.163. The van der Waals surface area contributed by atoms with Crippen LogP contribution in [0.1, 0.15) is 32.6 Å². The third kappa shape index (κ3) is 4.13. The summed E-state index contributed by atoms with van der Waals surface area (Å²) in [5.41, 5.74) is 0.633. The molecule has 10 heteroatoms. The summed E-state index contributed by atoms with van der Waals surface area (Å²) in [5.74, 6) is -0.379. The molecule has 0 amide bonds. The van der Waals surface area contributed by atoms with Gasteiger partial charge in [-0.3, -0.25) is 4.72 Å². The summed E-state index contributed by atoms with van der Waals surface area (Å²) < 4.78 is 48.5. The topological polar surface area (TPSA) is 74.8 Å². The number of sulfonamides is 1. The smallest absolute Gasteiger partial charge is 0.266 e. The van der Waals surface area contributed by atoms with Gasteiger partial charge in [-0.15, -0.1) is 11.3 Å². The van der Waals surface area contributed by atoms with Crippen LogP contribution < -0.4 is 14.4 Å². The number of likely N-dealkylation sites (N-methyl/N-ethyl adjacent to an activating group) is 1. The van der Waals surface area contributed by atoms with Crippen molar-refractivity contribution in [3.05, 3.63) is 29.5 Å². The van der Waals surface area contributed by atoms with E-state index in [2.05, 4.69) is 33.5 Å². The molecular formula is C20H27FN4O3S2. The van der Waals surface area contributed by atoms with Gasteiger partial charge < -0.3 is 14.5 Å². The van der Waals surface area contributed by atoms with Crippen molar-refractivity contribution in [2.75, 3.05) is 36.4 Å². The van der Waals surface area contributed by atoms with Crippen LogP contribution in [0.25, 0.3) is 0 Å². The number of anilines is 2. The molecule has 1 aromatic carbocycles. The maximum atomic E-state index is 15.0. The third-order valence-electron chi connectivity index (χ3n) is 6.02. The molecule has 2 aromatic rings. The maximum absolute atomic E-state index is 15.0. The zero-order valence-electron chi connectivity index (χ0n) is 17.2. The van der Waals surface area contributed by atoms with Gasteiger partial charge in [0.25, 0.3) is 10.0 Å². The molecule has 7 nitrogen and oxygen atoms in total. The maximum Gasteiger partial charge on any atom is 0.266 e. The Hall–Kier alpha value is -1.91. The molecule has 4 rings (SSSR count).